The highest BCUT2D eigenvalue weighted by molar-refractivity contribution is 7.80. The number of aromatic carboxylic acids is 1. The Bertz CT molecular complexity index is 1340. The van der Waals surface area contributed by atoms with E-state index in [-0.39, 0.29) is 17.6 Å². The number of carboxylic acid groups (broad SMARTS) is 1. The molecule has 1 fully saturated rings. The molecule has 0 amide bonds. The molecule has 0 radical (unpaired) electrons. The summed E-state index contributed by atoms with van der Waals surface area (Å²) in [5, 5.41) is 13.4. The van der Waals surface area contributed by atoms with Crippen molar-refractivity contribution in [3.8, 4) is 11.4 Å². The van der Waals surface area contributed by atoms with E-state index in [0.29, 0.717) is 11.7 Å². The van der Waals surface area contributed by atoms with Crippen molar-refractivity contribution in [3.05, 3.63) is 114 Å². The molecule has 2 aromatic heterocycles. The fraction of sp³-hybridized carbons (Fsp3) is 0.148. The number of carboxylic acids is 1. The highest BCUT2D eigenvalue weighted by Gasteiger charge is 2.41. The van der Waals surface area contributed by atoms with Crippen LogP contribution in [-0.2, 0) is 6.54 Å². The summed E-state index contributed by atoms with van der Waals surface area (Å²) in [6.07, 6.45) is 3.76. The third-order valence-electron chi connectivity index (χ3n) is 6.19. The molecule has 1 aliphatic heterocycles. The largest absolute Gasteiger partial charge is 0.497 e. The number of nitrogens with zero attached hydrogens (tertiary/aromatic N) is 3. The number of methoxy groups -OCH3 is 1. The fourth-order valence-corrected chi connectivity index (χ4v) is 4.76. The summed E-state index contributed by atoms with van der Waals surface area (Å²) in [4.78, 5) is 18.1. The molecule has 35 heavy (non-hydrogen) atoms. The summed E-state index contributed by atoms with van der Waals surface area (Å²) in [6, 6.07) is 24.5. The first-order valence-electron chi connectivity index (χ1n) is 11.2. The zero-order valence-corrected chi connectivity index (χ0v) is 19.9. The van der Waals surface area contributed by atoms with Crippen molar-refractivity contribution in [3.63, 3.8) is 0 Å². The minimum Gasteiger partial charge on any atom is -0.497 e. The van der Waals surface area contributed by atoms with Crippen LogP contribution in [0, 0.1) is 0 Å². The van der Waals surface area contributed by atoms with Crippen LogP contribution in [0.5, 0.6) is 5.75 Å². The monoisotopic (exact) mass is 484 g/mol. The zero-order chi connectivity index (χ0) is 24.4. The number of benzene rings is 2. The van der Waals surface area contributed by atoms with Crippen molar-refractivity contribution in [2.75, 3.05) is 7.11 Å². The Hall–Kier alpha value is -4.17. The molecule has 3 heterocycles. The molecule has 0 unspecified atom stereocenters. The number of hydrogen-bond acceptors (Lipinski definition) is 4. The van der Waals surface area contributed by atoms with Gasteiger partial charge in [0.1, 0.15) is 5.75 Å². The molecular weight excluding hydrogens is 460 g/mol. The molecule has 7 nitrogen and oxygen atoms in total. The van der Waals surface area contributed by atoms with Gasteiger partial charge in [-0.25, -0.2) is 4.79 Å². The normalized spacial score (nSPS) is 17.3. The molecule has 0 spiro atoms. The Labute approximate surface area is 208 Å². The van der Waals surface area contributed by atoms with E-state index in [1.54, 1.807) is 25.4 Å². The predicted octanol–water partition coefficient (Wildman–Crippen LogP) is 4.75. The number of hydrogen-bond donors (Lipinski definition) is 2. The number of thiocarbonyl (C=S) groups is 1. The van der Waals surface area contributed by atoms with Gasteiger partial charge in [0.2, 0.25) is 0 Å². The van der Waals surface area contributed by atoms with Crippen molar-refractivity contribution in [2.45, 2.75) is 18.6 Å². The van der Waals surface area contributed by atoms with Crippen molar-refractivity contribution in [1.82, 2.24) is 19.8 Å². The highest BCUT2D eigenvalue weighted by Crippen LogP contribution is 2.40. The molecular formula is C27H24N4O3S. The van der Waals surface area contributed by atoms with Gasteiger partial charge >= 0.3 is 5.97 Å². The summed E-state index contributed by atoms with van der Waals surface area (Å²) in [7, 11) is 1.65. The molecule has 176 valence electrons. The summed E-state index contributed by atoms with van der Waals surface area (Å²) in [6.45, 7) is 0.604. The number of rotatable bonds is 7. The Morgan fingerprint density at radius 1 is 1.06 bits per heavy atom. The van der Waals surface area contributed by atoms with E-state index in [4.69, 9.17) is 17.0 Å². The first kappa shape index (κ1) is 22.6. The average molecular weight is 485 g/mol. The summed E-state index contributed by atoms with van der Waals surface area (Å²) < 4.78 is 7.38. The minimum atomic E-state index is -0.949. The quantitative estimate of drug-likeness (QED) is 0.367. The van der Waals surface area contributed by atoms with E-state index in [2.05, 4.69) is 25.8 Å². The van der Waals surface area contributed by atoms with Crippen LogP contribution >= 0.6 is 12.2 Å². The van der Waals surface area contributed by atoms with Crippen LogP contribution in [0.1, 0.15) is 39.4 Å². The Morgan fingerprint density at radius 3 is 2.49 bits per heavy atom. The maximum atomic E-state index is 11.3. The second kappa shape index (κ2) is 9.60. The highest BCUT2D eigenvalue weighted by atomic mass is 32.1. The van der Waals surface area contributed by atoms with Gasteiger partial charge in [-0.3, -0.25) is 4.98 Å². The molecule has 4 aromatic rings. The van der Waals surface area contributed by atoms with E-state index < -0.39 is 5.97 Å². The van der Waals surface area contributed by atoms with E-state index in [1.165, 1.54) is 0 Å². The Morgan fingerprint density at radius 2 is 1.83 bits per heavy atom. The van der Waals surface area contributed by atoms with Gasteiger partial charge < -0.3 is 24.6 Å². The molecule has 0 aliphatic carbocycles. The second-order valence-electron chi connectivity index (χ2n) is 8.26. The van der Waals surface area contributed by atoms with Crippen LogP contribution in [0.4, 0.5) is 0 Å². The van der Waals surface area contributed by atoms with Crippen LogP contribution in [0.2, 0.25) is 0 Å². The Kier molecular flexibility index (Phi) is 6.20. The van der Waals surface area contributed by atoms with Crippen LogP contribution in [-0.4, -0.2) is 37.7 Å². The maximum Gasteiger partial charge on any atom is 0.335 e. The molecule has 2 N–H and O–H groups in total. The van der Waals surface area contributed by atoms with Crippen molar-refractivity contribution in [1.29, 1.82) is 0 Å². The van der Waals surface area contributed by atoms with Crippen molar-refractivity contribution < 1.29 is 14.6 Å². The van der Waals surface area contributed by atoms with Crippen molar-refractivity contribution >= 4 is 23.3 Å². The van der Waals surface area contributed by atoms with E-state index >= 15 is 0 Å². The molecule has 2 atom stereocenters. The summed E-state index contributed by atoms with van der Waals surface area (Å²) in [5.41, 5.74) is 4.14. The number of aromatic nitrogens is 2. The van der Waals surface area contributed by atoms with Gasteiger partial charge in [0.05, 0.1) is 30.5 Å². The smallest absolute Gasteiger partial charge is 0.335 e. The third kappa shape index (κ3) is 4.48. The van der Waals surface area contributed by atoms with Gasteiger partial charge in [0, 0.05) is 30.3 Å². The topological polar surface area (TPSA) is 79.6 Å². The van der Waals surface area contributed by atoms with Crippen molar-refractivity contribution in [2.24, 2.45) is 0 Å². The van der Waals surface area contributed by atoms with Gasteiger partial charge in [-0.2, -0.15) is 0 Å². The minimum absolute atomic E-state index is 0.145. The fourth-order valence-electron chi connectivity index (χ4n) is 4.46. The molecule has 1 aliphatic rings. The Balaban J connectivity index is 1.56. The van der Waals surface area contributed by atoms with Gasteiger partial charge in [0.25, 0.3) is 0 Å². The number of carbonyl (C=O) groups is 1. The standard InChI is InChI=1S/C27H24N4O3S/c1-34-21-13-7-18(8-14-21)17-31-25(24(29-27(31)35)22-5-2-3-15-28-22)23-6-4-16-30(23)20-11-9-19(10-12-20)26(32)33/h2-16,24-25H,17H2,1H3,(H,29,35)(H,32,33)/t24-,25-/m1/s1. The summed E-state index contributed by atoms with van der Waals surface area (Å²) >= 11 is 5.81. The van der Waals surface area contributed by atoms with E-state index in [0.717, 1.165) is 28.4 Å². The van der Waals surface area contributed by atoms with Gasteiger partial charge in [-0.1, -0.05) is 18.2 Å². The van der Waals surface area contributed by atoms with E-state index in [1.807, 2.05) is 66.9 Å². The molecule has 0 saturated carbocycles. The average Bonchev–Trinajstić information content (AvgIpc) is 3.49. The second-order valence-corrected chi connectivity index (χ2v) is 8.64. The van der Waals surface area contributed by atoms with E-state index in [9.17, 15) is 9.90 Å². The SMILES string of the molecule is COc1ccc(CN2C(=S)N[C@H](c3ccccn3)[C@H]2c2cccn2-c2ccc(C(=O)O)cc2)cc1. The molecule has 5 rings (SSSR count). The molecule has 1 saturated heterocycles. The lowest BCUT2D eigenvalue weighted by molar-refractivity contribution is 0.0697. The lowest BCUT2D eigenvalue weighted by Crippen LogP contribution is -2.30. The molecule has 8 heteroatoms. The molecule has 2 aromatic carbocycles. The number of pyridine rings is 1. The number of nitrogens with one attached hydrogen (secondary N) is 1. The van der Waals surface area contributed by atoms with Gasteiger partial charge in [-0.15, -0.1) is 0 Å². The third-order valence-corrected chi connectivity index (χ3v) is 6.54. The van der Waals surface area contributed by atoms with Crippen LogP contribution < -0.4 is 10.1 Å². The summed E-state index contributed by atoms with van der Waals surface area (Å²) in [5.74, 6) is -0.145. The first-order chi connectivity index (χ1) is 17.0. The first-order valence-corrected chi connectivity index (χ1v) is 11.6. The lowest BCUT2D eigenvalue weighted by atomic mass is 10.0. The predicted molar refractivity (Wildman–Crippen MR) is 137 cm³/mol. The van der Waals surface area contributed by atoms with Crippen LogP contribution in [0.15, 0.2) is 91.3 Å². The van der Waals surface area contributed by atoms with Gasteiger partial charge in [0.15, 0.2) is 5.11 Å². The zero-order valence-electron chi connectivity index (χ0n) is 19.0. The van der Waals surface area contributed by atoms with Gasteiger partial charge in [-0.05, 0) is 78.4 Å². The molecule has 0 bridgehead atoms. The van der Waals surface area contributed by atoms with Crippen LogP contribution in [0.25, 0.3) is 5.69 Å². The maximum absolute atomic E-state index is 11.3. The number of ether oxygens (including phenoxy) is 1. The van der Waals surface area contributed by atoms with Crippen LogP contribution in [0.3, 0.4) is 0 Å². The lowest BCUT2D eigenvalue weighted by Gasteiger charge is -2.29.